The van der Waals surface area contributed by atoms with Gasteiger partial charge in [0, 0.05) is 5.41 Å². The van der Waals surface area contributed by atoms with Gasteiger partial charge in [0.15, 0.2) is 0 Å². The smallest absolute Gasteiger partial charge is 0.0281 e. The molecule has 0 aromatic heterocycles. The van der Waals surface area contributed by atoms with E-state index in [2.05, 4.69) is 70.9 Å². The summed E-state index contributed by atoms with van der Waals surface area (Å²) in [6.45, 7) is 27.2. The first-order valence-electron chi connectivity index (χ1n) is 11.9. The van der Waals surface area contributed by atoms with Crippen LogP contribution in [-0.4, -0.2) is 0 Å². The third-order valence-corrected chi connectivity index (χ3v) is 7.43. The maximum atomic E-state index is 4.36. The van der Waals surface area contributed by atoms with E-state index in [-0.39, 0.29) is 5.41 Å². The topological polar surface area (TPSA) is 0 Å². The highest BCUT2D eigenvalue weighted by Gasteiger charge is 2.52. The average Bonchev–Trinajstić information content (AvgIpc) is 3.06. The quantitative estimate of drug-likeness (QED) is 0.402. The molecule has 1 fully saturated rings. The van der Waals surface area contributed by atoms with Crippen LogP contribution < -0.4 is 0 Å². The Hall–Kier alpha value is -1.82. The molecule has 0 radical (unpaired) electrons. The predicted octanol–water partition coefficient (Wildman–Crippen LogP) is 9.31. The van der Waals surface area contributed by atoms with Crippen LogP contribution in [0, 0.1) is 22.7 Å². The summed E-state index contributed by atoms with van der Waals surface area (Å²) in [7, 11) is 0. The second-order valence-electron chi connectivity index (χ2n) is 9.83. The van der Waals surface area contributed by atoms with E-state index in [1.54, 1.807) is 16.7 Å². The van der Waals surface area contributed by atoms with E-state index in [0.717, 1.165) is 23.8 Å². The van der Waals surface area contributed by atoms with Gasteiger partial charge in [-0.3, -0.25) is 0 Å². The Kier molecular flexibility index (Phi) is 7.78. The second-order valence-corrected chi connectivity index (χ2v) is 9.83. The second kappa shape index (κ2) is 9.54. The molecule has 4 rings (SSSR count). The van der Waals surface area contributed by atoms with Crippen LogP contribution in [0.15, 0.2) is 83.6 Å². The van der Waals surface area contributed by atoms with E-state index >= 15 is 0 Å². The molecule has 0 spiro atoms. The molecule has 0 N–H and O–H groups in total. The summed E-state index contributed by atoms with van der Waals surface area (Å²) < 4.78 is 0. The van der Waals surface area contributed by atoms with Crippen molar-refractivity contribution in [2.45, 2.75) is 80.6 Å². The van der Waals surface area contributed by atoms with Crippen molar-refractivity contribution < 1.29 is 0 Å². The lowest BCUT2D eigenvalue weighted by molar-refractivity contribution is 0.152. The van der Waals surface area contributed by atoms with Crippen LogP contribution in [-0.2, 0) is 0 Å². The highest BCUT2D eigenvalue weighted by atomic mass is 14.6. The minimum Gasteiger partial charge on any atom is -0.100 e. The van der Waals surface area contributed by atoms with Crippen molar-refractivity contribution in [1.29, 1.82) is 0 Å². The average molecular weight is 405 g/mol. The lowest BCUT2D eigenvalue weighted by Crippen LogP contribution is -2.42. The van der Waals surface area contributed by atoms with Crippen LogP contribution in [0.25, 0.3) is 0 Å². The minimum absolute atomic E-state index is 0.135. The Balaban J connectivity index is 0.000000481. The van der Waals surface area contributed by atoms with Gasteiger partial charge in [-0.15, -0.1) is 6.58 Å². The van der Waals surface area contributed by atoms with Crippen LogP contribution in [0.3, 0.4) is 0 Å². The van der Waals surface area contributed by atoms with Crippen molar-refractivity contribution >= 4 is 0 Å². The Morgan fingerprint density at radius 1 is 1.13 bits per heavy atom. The molecular weight excluding hydrogens is 360 g/mol. The summed E-state index contributed by atoms with van der Waals surface area (Å²) in [4.78, 5) is 0. The highest BCUT2D eigenvalue weighted by molar-refractivity contribution is 5.52. The summed E-state index contributed by atoms with van der Waals surface area (Å²) in [6, 6.07) is 0. The van der Waals surface area contributed by atoms with Crippen LogP contribution in [0.5, 0.6) is 0 Å². The van der Waals surface area contributed by atoms with Crippen molar-refractivity contribution in [2.24, 2.45) is 22.7 Å². The van der Waals surface area contributed by atoms with Gasteiger partial charge < -0.3 is 0 Å². The van der Waals surface area contributed by atoms with Gasteiger partial charge in [0.05, 0.1) is 0 Å². The van der Waals surface area contributed by atoms with Crippen LogP contribution in [0.4, 0.5) is 0 Å². The van der Waals surface area contributed by atoms with Gasteiger partial charge in [-0.05, 0) is 81.3 Å². The molecule has 4 atom stereocenters. The lowest BCUT2D eigenvalue weighted by atomic mass is 9.52. The molecule has 0 aromatic rings. The standard InChI is InChI=1S/C24H30.C4H8.C2H6/c1-6-17(3)20-9-10-21-19-8-7-18-15-16(2)11-13-23(18,4)22(19)12-14-24(20,21)5;1-4(2)3;1-2/h9,11-13,15,19,21H,2-3,6-8,10,14H2,1,4-5H3;1H2,2-3H3;1-2H3/t19?,21?,23?,24-;;/m1../s1. The van der Waals surface area contributed by atoms with E-state index in [1.165, 1.54) is 36.8 Å². The Labute approximate surface area is 186 Å². The summed E-state index contributed by atoms with van der Waals surface area (Å²) in [6.07, 6.45) is 18.1. The Morgan fingerprint density at radius 2 is 1.77 bits per heavy atom. The molecule has 1 saturated carbocycles. The summed E-state index contributed by atoms with van der Waals surface area (Å²) in [5.41, 5.74) is 8.94. The largest absolute Gasteiger partial charge is 0.100 e. The lowest BCUT2D eigenvalue weighted by Gasteiger charge is -2.52. The number of hydrogen-bond donors (Lipinski definition) is 0. The molecule has 0 nitrogen and oxygen atoms in total. The fourth-order valence-corrected chi connectivity index (χ4v) is 5.92. The van der Waals surface area contributed by atoms with Crippen molar-refractivity contribution in [3.8, 4) is 0 Å². The van der Waals surface area contributed by atoms with E-state index in [4.69, 9.17) is 0 Å². The van der Waals surface area contributed by atoms with Crippen molar-refractivity contribution in [3.05, 3.63) is 83.6 Å². The number of hydrogen-bond acceptors (Lipinski definition) is 0. The molecule has 0 bridgehead atoms. The van der Waals surface area contributed by atoms with Gasteiger partial charge in [0.1, 0.15) is 0 Å². The molecule has 0 aromatic carbocycles. The van der Waals surface area contributed by atoms with Crippen LogP contribution in [0.2, 0.25) is 0 Å². The predicted molar refractivity (Wildman–Crippen MR) is 135 cm³/mol. The van der Waals surface area contributed by atoms with Crippen molar-refractivity contribution in [1.82, 2.24) is 0 Å². The zero-order valence-corrected chi connectivity index (χ0v) is 20.7. The minimum atomic E-state index is 0.135. The van der Waals surface area contributed by atoms with Gasteiger partial charge in [0.25, 0.3) is 0 Å². The molecule has 0 heteroatoms. The fourth-order valence-electron chi connectivity index (χ4n) is 5.92. The van der Waals surface area contributed by atoms with E-state index < -0.39 is 0 Å². The fraction of sp³-hybridized carbons (Fsp3) is 0.533. The first-order chi connectivity index (χ1) is 14.1. The monoisotopic (exact) mass is 404 g/mol. The van der Waals surface area contributed by atoms with Gasteiger partial charge in [-0.25, -0.2) is 0 Å². The molecular formula is C30H44. The first-order valence-corrected chi connectivity index (χ1v) is 11.9. The molecule has 0 saturated heterocycles. The summed E-state index contributed by atoms with van der Waals surface area (Å²) in [5.74, 6) is 1.48. The molecule has 4 aliphatic carbocycles. The Morgan fingerprint density at radius 3 is 2.37 bits per heavy atom. The van der Waals surface area contributed by atoms with Crippen molar-refractivity contribution in [3.63, 3.8) is 0 Å². The van der Waals surface area contributed by atoms with Crippen LogP contribution >= 0.6 is 0 Å². The third-order valence-electron chi connectivity index (χ3n) is 7.43. The zero-order chi connectivity index (χ0) is 22.7. The molecule has 4 aliphatic rings. The normalized spacial score (nSPS) is 33.2. The van der Waals surface area contributed by atoms with E-state index in [9.17, 15) is 0 Å². The summed E-state index contributed by atoms with van der Waals surface area (Å²) >= 11 is 0. The Bertz CT molecular complexity index is 820. The maximum Gasteiger partial charge on any atom is 0.0281 e. The molecule has 0 heterocycles. The molecule has 0 aliphatic heterocycles. The number of fused-ring (bicyclic) bond motifs is 5. The SMILES string of the molecule is C=C(C)C.C=C1C=CC2(C)C(=C1)CCC1C2=CC[C@]2(C)C(C(=C)CC)=CCC12.CC. The van der Waals surface area contributed by atoms with E-state index in [1.807, 2.05) is 27.7 Å². The molecule has 3 unspecified atom stereocenters. The highest BCUT2D eigenvalue weighted by Crippen LogP contribution is 2.63. The van der Waals surface area contributed by atoms with Crippen molar-refractivity contribution in [2.75, 3.05) is 0 Å². The summed E-state index contributed by atoms with van der Waals surface area (Å²) in [5, 5.41) is 0. The first kappa shape index (κ1) is 24.4. The number of allylic oxidation sites excluding steroid dienone is 11. The van der Waals surface area contributed by atoms with Gasteiger partial charge in [0.2, 0.25) is 0 Å². The third kappa shape index (κ3) is 4.29. The molecule has 164 valence electrons. The maximum absolute atomic E-state index is 4.36. The zero-order valence-electron chi connectivity index (χ0n) is 20.7. The van der Waals surface area contributed by atoms with Gasteiger partial charge in [-0.1, -0.05) is 93.5 Å². The van der Waals surface area contributed by atoms with Gasteiger partial charge >= 0.3 is 0 Å². The molecule has 0 amide bonds. The van der Waals surface area contributed by atoms with E-state index in [0.29, 0.717) is 5.41 Å². The number of rotatable bonds is 2. The molecule has 30 heavy (non-hydrogen) atoms. The van der Waals surface area contributed by atoms with Crippen LogP contribution in [0.1, 0.15) is 80.6 Å². The van der Waals surface area contributed by atoms with Gasteiger partial charge in [-0.2, -0.15) is 0 Å².